The van der Waals surface area contributed by atoms with Crippen LogP contribution in [0.25, 0.3) is 0 Å². The van der Waals surface area contributed by atoms with Crippen molar-refractivity contribution in [1.29, 1.82) is 0 Å². The van der Waals surface area contributed by atoms with E-state index >= 15 is 0 Å². The van der Waals surface area contributed by atoms with Gasteiger partial charge in [0, 0.05) is 6.54 Å². The van der Waals surface area contributed by atoms with Gasteiger partial charge in [-0.05, 0) is 18.9 Å². The van der Waals surface area contributed by atoms with Crippen molar-refractivity contribution in [3.05, 3.63) is 12.2 Å². The van der Waals surface area contributed by atoms with Crippen LogP contribution in [0, 0.1) is 0 Å². The van der Waals surface area contributed by atoms with Gasteiger partial charge in [0.1, 0.15) is 0 Å². The summed E-state index contributed by atoms with van der Waals surface area (Å²) in [5.74, 6) is 0. The predicted octanol–water partition coefficient (Wildman–Crippen LogP) is 1.28. The first kappa shape index (κ1) is 4.57. The minimum Gasteiger partial charge on any atom is -0.283 e. The van der Waals surface area contributed by atoms with Gasteiger partial charge in [0.15, 0.2) is 0 Å². The monoisotopic (exact) mass is 94.1 g/mol. The topological polar surface area (TPSA) is 12.4 Å². The third-order valence-electron chi connectivity index (χ3n) is 0.924. The highest BCUT2D eigenvalue weighted by atomic mass is 14.7. The molecule has 1 nitrogen and oxygen atoms in total. The molecule has 0 unspecified atom stereocenters. The number of hydrogen-bond donors (Lipinski definition) is 0. The van der Waals surface area contributed by atoms with E-state index in [0.717, 1.165) is 13.0 Å². The molecular weight excluding hydrogens is 86.1 g/mol. The van der Waals surface area contributed by atoms with Gasteiger partial charge in [-0.15, -0.1) is 0 Å². The van der Waals surface area contributed by atoms with Crippen molar-refractivity contribution in [3.63, 3.8) is 0 Å². The van der Waals surface area contributed by atoms with Crippen molar-refractivity contribution in [2.75, 3.05) is 6.54 Å². The fraction of sp³-hybridized carbons (Fsp3) is 0.500. The molecule has 0 saturated heterocycles. The second-order valence-electron chi connectivity index (χ2n) is 1.56. The lowest BCUT2D eigenvalue weighted by Gasteiger charge is -1.81. The Morgan fingerprint density at radius 2 is 2.57 bits per heavy atom. The zero-order valence-corrected chi connectivity index (χ0v) is 4.22. The second-order valence-corrected chi connectivity index (χ2v) is 1.56. The molecule has 0 aliphatic carbocycles. The summed E-state index contributed by atoms with van der Waals surface area (Å²) in [5, 5.41) is 0. The van der Waals surface area contributed by atoms with E-state index < -0.39 is 0 Å². The standard InChI is InChI=1S/C6H8N/c1-2-4-6-7-5-3-1/h1,3H,2,4,6H2. The van der Waals surface area contributed by atoms with Gasteiger partial charge >= 0.3 is 0 Å². The molecule has 1 heteroatoms. The molecule has 0 bridgehead atoms. The number of allylic oxidation sites excluding steroid dienone is 2. The Balaban J connectivity index is 2.39. The van der Waals surface area contributed by atoms with E-state index in [1.807, 2.05) is 6.08 Å². The van der Waals surface area contributed by atoms with E-state index in [4.69, 9.17) is 0 Å². The number of hydrogen-bond acceptors (Lipinski definition) is 1. The normalized spacial score (nSPS) is 19.4. The van der Waals surface area contributed by atoms with Crippen LogP contribution in [0.15, 0.2) is 17.1 Å². The third-order valence-corrected chi connectivity index (χ3v) is 0.924. The molecule has 0 aromatic rings. The van der Waals surface area contributed by atoms with Crippen molar-refractivity contribution >= 4 is 6.21 Å². The van der Waals surface area contributed by atoms with Crippen LogP contribution in [-0.4, -0.2) is 12.8 Å². The Bertz CT molecular complexity index is 80.4. The third kappa shape index (κ3) is 1.53. The Hall–Kier alpha value is -0.590. The molecule has 0 aromatic carbocycles. The molecule has 0 N–H and O–H groups in total. The average molecular weight is 94.1 g/mol. The minimum atomic E-state index is 0.951. The highest BCUT2D eigenvalue weighted by molar-refractivity contribution is 5.71. The highest BCUT2D eigenvalue weighted by Gasteiger charge is 1.82. The lowest BCUT2D eigenvalue weighted by molar-refractivity contribution is 0.866. The Morgan fingerprint density at radius 1 is 1.57 bits per heavy atom. The molecule has 1 radical (unpaired) electrons. The van der Waals surface area contributed by atoms with E-state index in [0.29, 0.717) is 0 Å². The van der Waals surface area contributed by atoms with Crippen molar-refractivity contribution in [1.82, 2.24) is 0 Å². The maximum Gasteiger partial charge on any atom is 0.0823 e. The zero-order chi connectivity index (χ0) is 4.95. The van der Waals surface area contributed by atoms with Crippen LogP contribution in [0.3, 0.4) is 0 Å². The van der Waals surface area contributed by atoms with Gasteiger partial charge in [-0.2, -0.15) is 0 Å². The van der Waals surface area contributed by atoms with Crippen LogP contribution < -0.4 is 0 Å². The van der Waals surface area contributed by atoms with Gasteiger partial charge in [0.25, 0.3) is 0 Å². The Labute approximate surface area is 43.8 Å². The number of aliphatic imine (C=N–C) groups is 1. The van der Waals surface area contributed by atoms with Crippen LogP contribution in [0.4, 0.5) is 0 Å². The van der Waals surface area contributed by atoms with E-state index in [-0.39, 0.29) is 0 Å². The Kier molecular flexibility index (Phi) is 1.67. The van der Waals surface area contributed by atoms with Crippen LogP contribution in [-0.2, 0) is 0 Å². The molecule has 0 fully saturated rings. The van der Waals surface area contributed by atoms with Crippen molar-refractivity contribution in [3.8, 4) is 0 Å². The van der Waals surface area contributed by atoms with Crippen molar-refractivity contribution < 1.29 is 0 Å². The lowest BCUT2D eigenvalue weighted by atomic mass is 10.3. The number of rotatable bonds is 0. The molecule has 7 heavy (non-hydrogen) atoms. The summed E-state index contributed by atoms with van der Waals surface area (Å²) in [6, 6.07) is 0. The smallest absolute Gasteiger partial charge is 0.0823 e. The maximum atomic E-state index is 3.93. The first-order valence-corrected chi connectivity index (χ1v) is 2.57. The van der Waals surface area contributed by atoms with E-state index in [1.54, 1.807) is 0 Å². The molecule has 0 aromatic heterocycles. The molecule has 1 rings (SSSR count). The van der Waals surface area contributed by atoms with Gasteiger partial charge < -0.3 is 0 Å². The SMILES string of the molecule is [C]1=NCCCC=C1. The van der Waals surface area contributed by atoms with E-state index in [1.165, 1.54) is 6.42 Å². The maximum absolute atomic E-state index is 3.93. The molecule has 0 amide bonds. The van der Waals surface area contributed by atoms with E-state index in [9.17, 15) is 0 Å². The zero-order valence-electron chi connectivity index (χ0n) is 4.22. The molecule has 37 valence electrons. The molecule has 1 aliphatic rings. The fourth-order valence-corrected chi connectivity index (χ4v) is 0.541. The predicted molar refractivity (Wildman–Crippen MR) is 30.7 cm³/mol. The first-order chi connectivity index (χ1) is 3.50. The summed E-state index contributed by atoms with van der Waals surface area (Å²) >= 11 is 0. The second kappa shape index (κ2) is 2.56. The first-order valence-electron chi connectivity index (χ1n) is 2.57. The quantitative estimate of drug-likeness (QED) is 0.429. The molecule has 0 saturated carbocycles. The average Bonchev–Trinajstić information content (AvgIpc) is 1.90. The van der Waals surface area contributed by atoms with Crippen molar-refractivity contribution in [2.45, 2.75) is 12.8 Å². The van der Waals surface area contributed by atoms with Gasteiger partial charge in [-0.3, -0.25) is 4.99 Å². The lowest BCUT2D eigenvalue weighted by Crippen LogP contribution is -1.73. The largest absolute Gasteiger partial charge is 0.283 e. The summed E-state index contributed by atoms with van der Waals surface area (Å²) in [6.07, 6.45) is 9.11. The Morgan fingerprint density at radius 3 is 3.57 bits per heavy atom. The minimum absolute atomic E-state index is 0.951. The molecule has 1 heterocycles. The summed E-state index contributed by atoms with van der Waals surface area (Å²) in [4.78, 5) is 3.93. The van der Waals surface area contributed by atoms with Gasteiger partial charge in [0.05, 0.1) is 6.21 Å². The molecule has 0 atom stereocenters. The summed E-state index contributed by atoms with van der Waals surface area (Å²) in [6.45, 7) is 0.951. The number of nitrogens with zero attached hydrogens (tertiary/aromatic N) is 1. The van der Waals surface area contributed by atoms with Crippen LogP contribution in [0.2, 0.25) is 0 Å². The van der Waals surface area contributed by atoms with Crippen molar-refractivity contribution in [2.24, 2.45) is 4.99 Å². The van der Waals surface area contributed by atoms with Crippen LogP contribution in [0.5, 0.6) is 0 Å². The highest BCUT2D eigenvalue weighted by Crippen LogP contribution is 1.93. The van der Waals surface area contributed by atoms with Gasteiger partial charge in [-0.25, -0.2) is 0 Å². The molecule has 1 aliphatic heterocycles. The van der Waals surface area contributed by atoms with Crippen LogP contribution >= 0.6 is 0 Å². The summed E-state index contributed by atoms with van der Waals surface area (Å²) in [7, 11) is 0. The van der Waals surface area contributed by atoms with Crippen LogP contribution in [0.1, 0.15) is 12.8 Å². The fourth-order valence-electron chi connectivity index (χ4n) is 0.541. The summed E-state index contributed by atoms with van der Waals surface area (Å²) in [5.41, 5.74) is 0. The molecular formula is C6H8N. The van der Waals surface area contributed by atoms with Gasteiger partial charge in [-0.1, -0.05) is 6.08 Å². The van der Waals surface area contributed by atoms with E-state index in [2.05, 4.69) is 17.3 Å². The van der Waals surface area contributed by atoms with Gasteiger partial charge in [0.2, 0.25) is 0 Å². The summed E-state index contributed by atoms with van der Waals surface area (Å²) < 4.78 is 0. The molecule has 0 spiro atoms.